The van der Waals surface area contributed by atoms with Gasteiger partial charge in [0.1, 0.15) is 6.54 Å². The summed E-state index contributed by atoms with van der Waals surface area (Å²) in [4.78, 5) is 0. The largest absolute Gasteiger partial charge is 0.502 e. The van der Waals surface area contributed by atoms with Crippen LogP contribution in [0.15, 0.2) is 36.5 Å². The normalized spacial score (nSPS) is 10.6. The molecule has 0 saturated heterocycles. The van der Waals surface area contributed by atoms with Gasteiger partial charge < -0.3 is 5.11 Å². The second kappa shape index (κ2) is 3.66. The zero-order valence-corrected chi connectivity index (χ0v) is 8.27. The maximum absolute atomic E-state index is 9.76. The van der Waals surface area contributed by atoms with Crippen molar-refractivity contribution >= 4 is 10.9 Å². The molecule has 14 heavy (non-hydrogen) atoms. The van der Waals surface area contributed by atoms with Crippen LogP contribution in [-0.2, 0) is 6.54 Å². The monoisotopic (exact) mass is 188 g/mol. The number of hydrogen-bond acceptors (Lipinski definition) is 1. The van der Waals surface area contributed by atoms with Crippen molar-refractivity contribution in [1.82, 2.24) is 0 Å². The van der Waals surface area contributed by atoms with E-state index in [0.717, 1.165) is 23.9 Å². The van der Waals surface area contributed by atoms with Crippen molar-refractivity contribution < 1.29 is 9.67 Å². The predicted octanol–water partition coefficient (Wildman–Crippen LogP) is 2.24. The topological polar surface area (TPSA) is 24.1 Å². The van der Waals surface area contributed by atoms with Crippen molar-refractivity contribution in [2.24, 2.45) is 0 Å². The van der Waals surface area contributed by atoms with E-state index in [2.05, 4.69) is 11.5 Å². The molecule has 1 aromatic heterocycles. The molecule has 0 bridgehead atoms. The minimum Gasteiger partial charge on any atom is -0.502 e. The van der Waals surface area contributed by atoms with Gasteiger partial charge in [-0.15, -0.1) is 0 Å². The molecule has 72 valence electrons. The molecule has 0 unspecified atom stereocenters. The van der Waals surface area contributed by atoms with E-state index >= 15 is 0 Å². The third-order valence-electron chi connectivity index (χ3n) is 2.34. The standard InChI is InChI=1S/C12H13NO/c1-2-8-13-9-4-6-10-5-3-7-11(14)12(10)13/h3-7,9H,2,8H2,1H3/p+1. The summed E-state index contributed by atoms with van der Waals surface area (Å²) in [6.45, 7) is 3.07. The summed E-state index contributed by atoms with van der Waals surface area (Å²) in [5.41, 5.74) is 0.928. The lowest BCUT2D eigenvalue weighted by atomic mass is 10.2. The molecule has 1 aromatic carbocycles. The maximum atomic E-state index is 9.76. The molecule has 0 aliphatic carbocycles. The van der Waals surface area contributed by atoms with Crippen LogP contribution >= 0.6 is 0 Å². The lowest BCUT2D eigenvalue weighted by Crippen LogP contribution is -2.33. The lowest BCUT2D eigenvalue weighted by molar-refractivity contribution is -0.671. The molecule has 2 nitrogen and oxygen atoms in total. The molecule has 0 aliphatic rings. The smallest absolute Gasteiger partial charge is 0.254 e. The van der Waals surface area contributed by atoms with Crippen LogP contribution in [0.1, 0.15) is 13.3 Å². The average Bonchev–Trinajstić information content (AvgIpc) is 2.19. The minimum absolute atomic E-state index is 0.358. The third-order valence-corrected chi connectivity index (χ3v) is 2.34. The SMILES string of the molecule is CCC[n+]1cccc2cccc(O)c21. The van der Waals surface area contributed by atoms with E-state index in [9.17, 15) is 5.11 Å². The molecule has 2 heteroatoms. The Bertz CT molecular complexity index is 446. The highest BCUT2D eigenvalue weighted by atomic mass is 16.3. The highest BCUT2D eigenvalue weighted by Crippen LogP contribution is 2.19. The van der Waals surface area contributed by atoms with Crippen LogP contribution in [0.2, 0.25) is 0 Å². The summed E-state index contributed by atoms with van der Waals surface area (Å²) in [5.74, 6) is 0.358. The second-order valence-electron chi connectivity index (χ2n) is 3.42. The number of phenols is 1. The van der Waals surface area contributed by atoms with Crippen LogP contribution in [0.25, 0.3) is 10.9 Å². The minimum atomic E-state index is 0.358. The van der Waals surface area contributed by atoms with Gasteiger partial charge in [-0.2, -0.15) is 4.57 Å². The van der Waals surface area contributed by atoms with E-state index in [0.29, 0.717) is 5.75 Å². The summed E-state index contributed by atoms with van der Waals surface area (Å²) in [7, 11) is 0. The first kappa shape index (κ1) is 9.00. The van der Waals surface area contributed by atoms with Crippen molar-refractivity contribution in [2.75, 3.05) is 0 Å². The van der Waals surface area contributed by atoms with E-state index in [1.807, 2.05) is 30.5 Å². The maximum Gasteiger partial charge on any atom is 0.254 e. The van der Waals surface area contributed by atoms with Gasteiger partial charge in [-0.3, -0.25) is 0 Å². The molecule has 0 atom stereocenters. The zero-order chi connectivity index (χ0) is 9.97. The predicted molar refractivity (Wildman–Crippen MR) is 56.1 cm³/mol. The van der Waals surface area contributed by atoms with Gasteiger partial charge in [0, 0.05) is 12.5 Å². The van der Waals surface area contributed by atoms with Crippen LogP contribution in [0.5, 0.6) is 5.75 Å². The summed E-state index contributed by atoms with van der Waals surface area (Å²) in [6, 6.07) is 9.64. The fourth-order valence-electron chi connectivity index (χ4n) is 1.75. The molecule has 0 amide bonds. The number of para-hydroxylation sites is 1. The number of rotatable bonds is 2. The fourth-order valence-corrected chi connectivity index (χ4v) is 1.75. The quantitative estimate of drug-likeness (QED) is 0.718. The van der Waals surface area contributed by atoms with E-state index in [4.69, 9.17) is 0 Å². The van der Waals surface area contributed by atoms with E-state index in [-0.39, 0.29) is 0 Å². The van der Waals surface area contributed by atoms with Crippen molar-refractivity contribution in [3.63, 3.8) is 0 Å². The molecule has 1 heterocycles. The highest BCUT2D eigenvalue weighted by Gasteiger charge is 2.10. The Hall–Kier alpha value is -1.57. The number of phenolic OH excluding ortho intramolecular Hbond substituents is 1. The zero-order valence-electron chi connectivity index (χ0n) is 8.27. The fraction of sp³-hybridized carbons (Fsp3) is 0.250. The third kappa shape index (κ3) is 1.43. The Morgan fingerprint density at radius 3 is 2.79 bits per heavy atom. The second-order valence-corrected chi connectivity index (χ2v) is 3.42. The molecular formula is C12H14NO+. The van der Waals surface area contributed by atoms with E-state index in [1.165, 1.54) is 0 Å². The summed E-state index contributed by atoms with van der Waals surface area (Å²) < 4.78 is 2.09. The van der Waals surface area contributed by atoms with Gasteiger partial charge in [-0.05, 0) is 18.2 Å². The van der Waals surface area contributed by atoms with Gasteiger partial charge in [0.15, 0.2) is 11.9 Å². The van der Waals surface area contributed by atoms with E-state index in [1.54, 1.807) is 6.07 Å². The van der Waals surface area contributed by atoms with Crippen molar-refractivity contribution in [1.29, 1.82) is 0 Å². The Morgan fingerprint density at radius 1 is 1.21 bits per heavy atom. The average molecular weight is 188 g/mol. The first-order chi connectivity index (χ1) is 6.83. The molecule has 0 aliphatic heterocycles. The van der Waals surface area contributed by atoms with Crippen molar-refractivity contribution in [3.05, 3.63) is 36.5 Å². The number of pyridine rings is 1. The lowest BCUT2D eigenvalue weighted by Gasteiger charge is -2.00. The first-order valence-electron chi connectivity index (χ1n) is 4.93. The van der Waals surface area contributed by atoms with Crippen LogP contribution in [0, 0.1) is 0 Å². The number of nitrogens with zero attached hydrogens (tertiary/aromatic N) is 1. The van der Waals surface area contributed by atoms with Crippen LogP contribution in [0.4, 0.5) is 0 Å². The van der Waals surface area contributed by atoms with Gasteiger partial charge in [0.2, 0.25) is 0 Å². The van der Waals surface area contributed by atoms with Gasteiger partial charge >= 0.3 is 0 Å². The van der Waals surface area contributed by atoms with Crippen LogP contribution in [-0.4, -0.2) is 5.11 Å². The van der Waals surface area contributed by atoms with Crippen LogP contribution < -0.4 is 4.57 Å². The number of aromatic nitrogens is 1. The first-order valence-corrected chi connectivity index (χ1v) is 4.93. The molecule has 0 spiro atoms. The van der Waals surface area contributed by atoms with Gasteiger partial charge in [-0.1, -0.05) is 13.0 Å². The number of aryl methyl sites for hydroxylation is 1. The molecular weight excluding hydrogens is 174 g/mol. The van der Waals surface area contributed by atoms with Gasteiger partial charge in [0.05, 0.1) is 5.39 Å². The van der Waals surface area contributed by atoms with Gasteiger partial charge in [0.25, 0.3) is 5.52 Å². The summed E-state index contributed by atoms with van der Waals surface area (Å²) >= 11 is 0. The van der Waals surface area contributed by atoms with Crippen molar-refractivity contribution in [3.8, 4) is 5.75 Å². The van der Waals surface area contributed by atoms with E-state index < -0.39 is 0 Å². The number of hydrogen-bond donors (Lipinski definition) is 1. The number of benzene rings is 1. The summed E-state index contributed by atoms with van der Waals surface area (Å²) in [6.07, 6.45) is 3.07. The molecule has 0 saturated carbocycles. The summed E-state index contributed by atoms with van der Waals surface area (Å²) in [5, 5.41) is 10.8. The Kier molecular flexibility index (Phi) is 2.35. The van der Waals surface area contributed by atoms with Gasteiger partial charge in [-0.25, -0.2) is 0 Å². The van der Waals surface area contributed by atoms with Crippen LogP contribution in [0.3, 0.4) is 0 Å². The molecule has 0 fully saturated rings. The number of aromatic hydroxyl groups is 1. The molecule has 1 N–H and O–H groups in total. The highest BCUT2D eigenvalue weighted by molar-refractivity contribution is 5.80. The Morgan fingerprint density at radius 2 is 2.00 bits per heavy atom. The molecule has 2 rings (SSSR count). The molecule has 2 aromatic rings. The number of fused-ring (bicyclic) bond motifs is 1. The Labute approximate surface area is 83.4 Å². The Balaban J connectivity index is 2.71. The van der Waals surface area contributed by atoms with Crippen molar-refractivity contribution in [2.45, 2.75) is 19.9 Å². The molecule has 0 radical (unpaired) electrons.